The van der Waals surface area contributed by atoms with Gasteiger partial charge in [0.05, 0.1) is 11.9 Å². The van der Waals surface area contributed by atoms with Gasteiger partial charge in [-0.2, -0.15) is 5.26 Å². The van der Waals surface area contributed by atoms with Crippen molar-refractivity contribution in [1.82, 2.24) is 4.98 Å². The van der Waals surface area contributed by atoms with E-state index in [1.165, 1.54) is 23.6 Å². The predicted octanol–water partition coefficient (Wildman–Crippen LogP) is 2.25. The van der Waals surface area contributed by atoms with Crippen LogP contribution in [0.25, 0.3) is 0 Å². The zero-order chi connectivity index (χ0) is 13.0. The minimum atomic E-state index is -0.957. The Balaban J connectivity index is 2.19. The smallest absolute Gasteiger partial charge is 0.331 e. The van der Waals surface area contributed by atoms with Crippen LogP contribution in [-0.4, -0.2) is 16.1 Å². The van der Waals surface area contributed by atoms with E-state index in [-0.39, 0.29) is 0 Å². The number of pyridine rings is 1. The number of nitrogens with one attached hydrogen (secondary N) is 1. The fraction of sp³-hybridized carbons (Fsp3) is 0.0833. The summed E-state index contributed by atoms with van der Waals surface area (Å²) in [6.07, 6.45) is 1.45. The quantitative estimate of drug-likeness (QED) is 0.879. The van der Waals surface area contributed by atoms with E-state index in [1.54, 1.807) is 18.2 Å². The van der Waals surface area contributed by atoms with Gasteiger partial charge in [-0.3, -0.25) is 0 Å². The first-order valence-electron chi connectivity index (χ1n) is 5.09. The molecular weight excluding hydrogens is 250 g/mol. The maximum absolute atomic E-state index is 11.2. The molecule has 0 saturated heterocycles. The van der Waals surface area contributed by atoms with Crippen molar-refractivity contribution in [2.45, 2.75) is 6.04 Å². The molecule has 90 valence electrons. The van der Waals surface area contributed by atoms with Crippen molar-refractivity contribution in [3.63, 3.8) is 0 Å². The molecule has 5 nitrogen and oxygen atoms in total. The summed E-state index contributed by atoms with van der Waals surface area (Å²) < 4.78 is 0. The molecule has 2 aromatic rings. The van der Waals surface area contributed by atoms with E-state index in [9.17, 15) is 9.90 Å². The van der Waals surface area contributed by atoms with Gasteiger partial charge in [0.1, 0.15) is 11.8 Å². The fourth-order valence-electron chi connectivity index (χ4n) is 1.42. The summed E-state index contributed by atoms with van der Waals surface area (Å²) in [5, 5.41) is 22.5. The zero-order valence-electron chi connectivity index (χ0n) is 9.20. The third kappa shape index (κ3) is 2.64. The maximum atomic E-state index is 11.2. The monoisotopic (exact) mass is 259 g/mol. The molecule has 0 fully saturated rings. The van der Waals surface area contributed by atoms with E-state index >= 15 is 0 Å². The number of hydrogen-bond acceptors (Lipinski definition) is 5. The van der Waals surface area contributed by atoms with E-state index in [0.29, 0.717) is 16.3 Å². The Morgan fingerprint density at radius 1 is 1.50 bits per heavy atom. The number of aromatic nitrogens is 1. The van der Waals surface area contributed by atoms with Crippen LogP contribution in [0.3, 0.4) is 0 Å². The number of rotatable bonds is 4. The third-order valence-corrected chi connectivity index (χ3v) is 3.20. The summed E-state index contributed by atoms with van der Waals surface area (Å²) in [5.74, 6) is -0.957. The van der Waals surface area contributed by atoms with Crippen LogP contribution >= 0.6 is 11.3 Å². The summed E-state index contributed by atoms with van der Waals surface area (Å²) in [7, 11) is 0. The van der Waals surface area contributed by atoms with Gasteiger partial charge in [0.2, 0.25) is 0 Å². The van der Waals surface area contributed by atoms with Gasteiger partial charge in [-0.05, 0) is 23.6 Å². The molecule has 2 heterocycles. The van der Waals surface area contributed by atoms with Crippen molar-refractivity contribution >= 4 is 23.0 Å². The highest BCUT2D eigenvalue weighted by atomic mass is 32.1. The summed E-state index contributed by atoms with van der Waals surface area (Å²) in [4.78, 5) is 15.8. The van der Waals surface area contributed by atoms with Crippen LogP contribution in [0.4, 0.5) is 5.69 Å². The van der Waals surface area contributed by atoms with E-state index in [2.05, 4.69) is 10.3 Å². The average Bonchev–Trinajstić information content (AvgIpc) is 2.90. The summed E-state index contributed by atoms with van der Waals surface area (Å²) in [6.45, 7) is 0. The van der Waals surface area contributed by atoms with Gasteiger partial charge in [-0.15, -0.1) is 11.3 Å². The minimum Gasteiger partial charge on any atom is -0.479 e. The number of aliphatic carboxylic acids is 1. The molecule has 2 N–H and O–H groups in total. The number of nitrogens with zero attached hydrogens (tertiary/aromatic N) is 2. The topological polar surface area (TPSA) is 86.0 Å². The molecular formula is C12H9N3O2S. The van der Waals surface area contributed by atoms with E-state index < -0.39 is 12.0 Å². The third-order valence-electron chi connectivity index (χ3n) is 2.26. The molecule has 1 unspecified atom stereocenters. The second-order valence-corrected chi connectivity index (χ2v) is 4.45. The summed E-state index contributed by atoms with van der Waals surface area (Å²) in [5.41, 5.74) is 0.860. The van der Waals surface area contributed by atoms with Crippen LogP contribution in [0, 0.1) is 11.3 Å². The fourth-order valence-corrected chi connectivity index (χ4v) is 2.19. The van der Waals surface area contributed by atoms with E-state index in [0.717, 1.165) is 0 Å². The van der Waals surface area contributed by atoms with Crippen molar-refractivity contribution in [1.29, 1.82) is 5.26 Å². The standard InChI is InChI=1S/C12H9N3O2S/c13-6-8-3-4-9(7-14-8)15-11(12(16)17)10-2-1-5-18-10/h1-5,7,11,15H,(H,16,17). The number of carboxylic acid groups (broad SMARTS) is 1. The van der Waals surface area contributed by atoms with E-state index in [4.69, 9.17) is 5.26 Å². The van der Waals surface area contributed by atoms with Crippen LogP contribution < -0.4 is 5.32 Å². The van der Waals surface area contributed by atoms with Crippen LogP contribution in [0.15, 0.2) is 35.8 Å². The highest BCUT2D eigenvalue weighted by Crippen LogP contribution is 2.23. The molecule has 0 bridgehead atoms. The van der Waals surface area contributed by atoms with Gasteiger partial charge < -0.3 is 10.4 Å². The van der Waals surface area contributed by atoms with Crippen molar-refractivity contribution in [2.24, 2.45) is 0 Å². The normalized spacial score (nSPS) is 11.5. The average molecular weight is 259 g/mol. The molecule has 0 aromatic carbocycles. The Kier molecular flexibility index (Phi) is 3.55. The maximum Gasteiger partial charge on any atom is 0.331 e. The highest BCUT2D eigenvalue weighted by Gasteiger charge is 2.20. The van der Waals surface area contributed by atoms with E-state index in [1.807, 2.05) is 11.4 Å². The number of carbonyl (C=O) groups is 1. The first kappa shape index (κ1) is 12.1. The molecule has 0 aliphatic heterocycles. The molecule has 0 amide bonds. The van der Waals surface area contributed by atoms with Gasteiger partial charge in [0.25, 0.3) is 0 Å². The Hall–Kier alpha value is -2.39. The van der Waals surface area contributed by atoms with Gasteiger partial charge in [0.15, 0.2) is 6.04 Å². The van der Waals surface area contributed by atoms with Gasteiger partial charge in [-0.25, -0.2) is 9.78 Å². The molecule has 0 saturated carbocycles. The molecule has 18 heavy (non-hydrogen) atoms. The zero-order valence-corrected chi connectivity index (χ0v) is 10.0. The lowest BCUT2D eigenvalue weighted by Gasteiger charge is -2.13. The molecule has 0 radical (unpaired) electrons. The molecule has 6 heteroatoms. The summed E-state index contributed by atoms with van der Waals surface area (Å²) >= 11 is 1.37. The Labute approximate surface area is 107 Å². The van der Waals surface area contributed by atoms with Gasteiger partial charge in [0, 0.05) is 4.88 Å². The highest BCUT2D eigenvalue weighted by molar-refractivity contribution is 7.10. The number of nitriles is 1. The number of carboxylic acids is 1. The van der Waals surface area contributed by atoms with Crippen LogP contribution in [0.5, 0.6) is 0 Å². The molecule has 0 aliphatic rings. The Morgan fingerprint density at radius 3 is 2.83 bits per heavy atom. The molecule has 2 rings (SSSR count). The Morgan fingerprint density at radius 2 is 2.33 bits per heavy atom. The lowest BCUT2D eigenvalue weighted by atomic mass is 10.2. The lowest BCUT2D eigenvalue weighted by Crippen LogP contribution is -2.19. The minimum absolute atomic E-state index is 0.295. The largest absolute Gasteiger partial charge is 0.479 e. The SMILES string of the molecule is N#Cc1ccc(NC(C(=O)O)c2cccs2)cn1. The Bertz CT molecular complexity index is 572. The first-order valence-corrected chi connectivity index (χ1v) is 5.97. The number of hydrogen-bond donors (Lipinski definition) is 2. The van der Waals surface area contributed by atoms with Crippen molar-refractivity contribution in [3.05, 3.63) is 46.4 Å². The van der Waals surface area contributed by atoms with Gasteiger partial charge >= 0.3 is 5.97 Å². The second-order valence-electron chi connectivity index (χ2n) is 3.47. The van der Waals surface area contributed by atoms with Crippen molar-refractivity contribution in [3.8, 4) is 6.07 Å². The number of anilines is 1. The van der Waals surface area contributed by atoms with Crippen LogP contribution in [0.2, 0.25) is 0 Å². The lowest BCUT2D eigenvalue weighted by molar-refractivity contribution is -0.138. The first-order chi connectivity index (χ1) is 8.70. The molecule has 0 spiro atoms. The van der Waals surface area contributed by atoms with Crippen LogP contribution in [0.1, 0.15) is 16.6 Å². The van der Waals surface area contributed by atoms with Crippen molar-refractivity contribution < 1.29 is 9.90 Å². The van der Waals surface area contributed by atoms with Crippen molar-refractivity contribution in [2.75, 3.05) is 5.32 Å². The predicted molar refractivity (Wildman–Crippen MR) is 67.3 cm³/mol. The van der Waals surface area contributed by atoms with Gasteiger partial charge in [-0.1, -0.05) is 6.07 Å². The summed E-state index contributed by atoms with van der Waals surface area (Å²) in [6, 6.07) is 7.83. The molecule has 0 aliphatic carbocycles. The molecule has 2 aromatic heterocycles. The number of thiophene rings is 1. The second kappa shape index (κ2) is 5.29. The van der Waals surface area contributed by atoms with Crippen LogP contribution in [-0.2, 0) is 4.79 Å². The molecule has 1 atom stereocenters.